The first kappa shape index (κ1) is 24.0. The van der Waals surface area contributed by atoms with E-state index in [1.54, 1.807) is 0 Å². The van der Waals surface area contributed by atoms with Crippen molar-refractivity contribution in [1.82, 2.24) is 15.0 Å². The summed E-state index contributed by atoms with van der Waals surface area (Å²) in [7, 11) is 2.12. The third kappa shape index (κ3) is 4.59. The minimum absolute atomic E-state index is 0.157. The molecule has 0 saturated heterocycles. The molecule has 4 aromatic rings. The summed E-state index contributed by atoms with van der Waals surface area (Å²) in [6, 6.07) is 13.3. The van der Waals surface area contributed by atoms with E-state index in [2.05, 4.69) is 117 Å². The van der Waals surface area contributed by atoms with Crippen LogP contribution in [-0.2, 0) is 17.9 Å². The molecule has 0 N–H and O–H groups in total. The van der Waals surface area contributed by atoms with Crippen LogP contribution in [0.4, 0.5) is 0 Å². The summed E-state index contributed by atoms with van der Waals surface area (Å²) < 4.78 is 2.22. The van der Waals surface area contributed by atoms with Crippen LogP contribution in [-0.4, -0.2) is 15.0 Å². The second kappa shape index (κ2) is 8.26. The van der Waals surface area contributed by atoms with Crippen LogP contribution in [0.5, 0.6) is 0 Å². The maximum atomic E-state index is 4.90. The maximum Gasteiger partial charge on any atom is 0.213 e. The number of hydrogen-bond acceptors (Lipinski definition) is 3. The van der Waals surface area contributed by atoms with Crippen molar-refractivity contribution in [2.45, 2.75) is 73.1 Å². The zero-order valence-electron chi connectivity index (χ0n) is 22.3. The summed E-state index contributed by atoms with van der Waals surface area (Å²) in [4.78, 5) is 14.6. The zero-order valence-corrected chi connectivity index (χ0v) is 22.3. The van der Waals surface area contributed by atoms with E-state index in [0.29, 0.717) is 0 Å². The third-order valence-electron chi connectivity index (χ3n) is 6.41. The molecule has 4 nitrogen and oxygen atoms in total. The molecule has 176 valence electrons. The number of rotatable bonds is 2. The van der Waals surface area contributed by atoms with Crippen molar-refractivity contribution >= 4 is 10.8 Å². The molecule has 0 radical (unpaired) electrons. The molecule has 0 saturated carbocycles. The highest BCUT2D eigenvalue weighted by Crippen LogP contribution is 2.30. The highest BCUT2D eigenvalue weighted by molar-refractivity contribution is 5.87. The van der Waals surface area contributed by atoms with Gasteiger partial charge in [-0.2, -0.15) is 0 Å². The first-order chi connectivity index (χ1) is 15.7. The summed E-state index contributed by atoms with van der Waals surface area (Å²) >= 11 is 0. The molecule has 4 heteroatoms. The lowest BCUT2D eigenvalue weighted by Gasteiger charge is -2.22. The summed E-state index contributed by atoms with van der Waals surface area (Å²) in [6.45, 7) is 19.5. The van der Waals surface area contributed by atoms with Crippen molar-refractivity contribution in [3.05, 3.63) is 70.9 Å². The van der Waals surface area contributed by atoms with E-state index in [0.717, 1.165) is 23.0 Å². The van der Waals surface area contributed by atoms with Crippen LogP contribution in [0.15, 0.2) is 42.6 Å². The number of pyridine rings is 1. The summed E-state index contributed by atoms with van der Waals surface area (Å²) in [5.41, 5.74) is 7.10. The normalized spacial score (nSPS) is 12.4. The highest BCUT2D eigenvalue weighted by Gasteiger charge is 2.25. The molecule has 4 rings (SSSR count). The van der Waals surface area contributed by atoms with Gasteiger partial charge >= 0.3 is 0 Å². The van der Waals surface area contributed by atoms with Crippen molar-refractivity contribution < 1.29 is 4.57 Å². The molecule has 0 amide bonds. The minimum Gasteiger partial charge on any atom is -0.217 e. The first-order valence-corrected chi connectivity index (χ1v) is 12.0. The van der Waals surface area contributed by atoms with Gasteiger partial charge in [0.05, 0.1) is 0 Å². The number of hydrogen-bond donors (Lipinski definition) is 0. The van der Waals surface area contributed by atoms with Gasteiger partial charge in [-0.1, -0.05) is 59.2 Å². The van der Waals surface area contributed by atoms with E-state index in [1.807, 2.05) is 0 Å². The second-order valence-electron chi connectivity index (χ2n) is 11.7. The predicted molar refractivity (Wildman–Crippen MR) is 141 cm³/mol. The molecule has 0 aliphatic heterocycles. The summed E-state index contributed by atoms with van der Waals surface area (Å²) in [6.07, 6.45) is 2.21. The molecule has 0 spiro atoms. The molecule has 0 fully saturated rings. The van der Waals surface area contributed by atoms with Crippen LogP contribution < -0.4 is 4.57 Å². The minimum atomic E-state index is -0.157. The molecule has 0 unspecified atom stereocenters. The number of nitrogens with zero attached hydrogens (tertiary/aromatic N) is 4. The fourth-order valence-electron chi connectivity index (χ4n) is 4.23. The van der Waals surface area contributed by atoms with Crippen molar-refractivity contribution in [2.75, 3.05) is 0 Å². The number of benzene rings is 2. The van der Waals surface area contributed by atoms with Gasteiger partial charge in [0.15, 0.2) is 12.0 Å². The van der Waals surface area contributed by atoms with Crippen molar-refractivity contribution in [1.29, 1.82) is 0 Å². The highest BCUT2D eigenvalue weighted by atomic mass is 15.1. The molecular formula is C30H37N4+. The fourth-order valence-corrected chi connectivity index (χ4v) is 4.23. The summed E-state index contributed by atoms with van der Waals surface area (Å²) in [5, 5.41) is 2.37. The number of fused-ring (bicyclic) bond motifs is 1. The first-order valence-electron chi connectivity index (χ1n) is 12.0. The summed E-state index contributed by atoms with van der Waals surface area (Å²) in [5.74, 6) is 2.39. The molecule has 0 bridgehead atoms. The van der Waals surface area contributed by atoms with Crippen molar-refractivity contribution in [3.8, 4) is 22.6 Å². The Kier molecular flexibility index (Phi) is 5.83. The van der Waals surface area contributed by atoms with E-state index in [-0.39, 0.29) is 10.8 Å². The van der Waals surface area contributed by atoms with Crippen LogP contribution in [0.25, 0.3) is 33.4 Å². The number of aryl methyl sites for hydroxylation is 3. The molecule has 0 aliphatic rings. The van der Waals surface area contributed by atoms with Gasteiger partial charge in [-0.25, -0.2) is 19.5 Å². The molecule has 0 atom stereocenters. The van der Waals surface area contributed by atoms with Crippen LogP contribution in [0.1, 0.15) is 69.9 Å². The van der Waals surface area contributed by atoms with Crippen LogP contribution in [0, 0.1) is 20.8 Å². The van der Waals surface area contributed by atoms with Crippen LogP contribution >= 0.6 is 0 Å². The predicted octanol–water partition coefficient (Wildman–Crippen LogP) is 6.70. The topological polar surface area (TPSA) is 42.6 Å². The number of aromatic nitrogens is 4. The average molecular weight is 454 g/mol. The molecule has 2 aromatic carbocycles. The largest absolute Gasteiger partial charge is 0.217 e. The lowest BCUT2D eigenvalue weighted by Crippen LogP contribution is -2.30. The molecular weight excluding hydrogens is 416 g/mol. The standard InChI is InChI=1S/C30H37N4/c1-18-13-19(2)20(3)24(14-18)25-16-23-15-21(11-12-22(23)17-34(25)10)26-31-27(29(4,5)6)33-28(32-26)30(7,8)9/h11-17H,1-10H3/q+1. The lowest BCUT2D eigenvalue weighted by atomic mass is 9.93. The van der Waals surface area contributed by atoms with Gasteiger partial charge in [0.1, 0.15) is 18.7 Å². The Labute approximate surface area is 204 Å². The Hall–Kier alpha value is -3.14. The van der Waals surface area contributed by atoms with E-state index in [1.165, 1.54) is 38.7 Å². The van der Waals surface area contributed by atoms with Gasteiger partial charge in [-0.15, -0.1) is 0 Å². The quantitative estimate of drug-likeness (QED) is 0.317. The van der Waals surface area contributed by atoms with Crippen molar-refractivity contribution in [2.24, 2.45) is 7.05 Å². The monoisotopic (exact) mass is 453 g/mol. The van der Waals surface area contributed by atoms with E-state index >= 15 is 0 Å². The van der Waals surface area contributed by atoms with Gasteiger partial charge in [0.2, 0.25) is 5.69 Å². The van der Waals surface area contributed by atoms with E-state index in [9.17, 15) is 0 Å². The average Bonchev–Trinajstić information content (AvgIpc) is 2.74. The Morgan fingerprint density at radius 2 is 1.32 bits per heavy atom. The van der Waals surface area contributed by atoms with Crippen LogP contribution in [0.2, 0.25) is 0 Å². The molecule has 2 heterocycles. The van der Waals surface area contributed by atoms with Gasteiger partial charge < -0.3 is 0 Å². The fraction of sp³-hybridized carbons (Fsp3) is 0.400. The van der Waals surface area contributed by atoms with Crippen LogP contribution in [0.3, 0.4) is 0 Å². The smallest absolute Gasteiger partial charge is 0.213 e. The third-order valence-corrected chi connectivity index (χ3v) is 6.41. The van der Waals surface area contributed by atoms with Crippen molar-refractivity contribution in [3.63, 3.8) is 0 Å². The Balaban J connectivity index is 1.92. The van der Waals surface area contributed by atoms with Gasteiger partial charge in [-0.3, -0.25) is 0 Å². The Morgan fingerprint density at radius 1 is 0.706 bits per heavy atom. The second-order valence-corrected chi connectivity index (χ2v) is 11.7. The zero-order chi connectivity index (χ0) is 25.0. The van der Waals surface area contributed by atoms with Gasteiger partial charge in [-0.05, 0) is 55.5 Å². The lowest BCUT2D eigenvalue weighted by molar-refractivity contribution is -0.659. The molecule has 34 heavy (non-hydrogen) atoms. The Morgan fingerprint density at radius 3 is 1.91 bits per heavy atom. The van der Waals surface area contributed by atoms with E-state index < -0.39 is 0 Å². The molecule has 0 aliphatic carbocycles. The molecule has 2 aromatic heterocycles. The SMILES string of the molecule is Cc1cc(C)c(C)c(-c2cc3cc(-c4nc(C(C)(C)C)nc(C(C)(C)C)n4)ccc3c[n+]2C)c1. The van der Waals surface area contributed by atoms with Gasteiger partial charge in [0, 0.05) is 33.4 Å². The van der Waals surface area contributed by atoms with Gasteiger partial charge in [0.25, 0.3) is 0 Å². The Bertz CT molecular complexity index is 1370. The van der Waals surface area contributed by atoms with E-state index in [4.69, 9.17) is 15.0 Å². The maximum absolute atomic E-state index is 4.90.